The molecule has 0 amide bonds. The fraction of sp³-hybridized carbons (Fsp3) is 0.294. The monoisotopic (exact) mass is 271 g/mol. The van der Waals surface area contributed by atoms with E-state index in [-0.39, 0.29) is 0 Å². The Morgan fingerprint density at radius 2 is 2.00 bits per heavy atom. The summed E-state index contributed by atoms with van der Waals surface area (Å²) >= 11 is 6.07. The summed E-state index contributed by atoms with van der Waals surface area (Å²) < 4.78 is 0. The van der Waals surface area contributed by atoms with Crippen LogP contribution in [0, 0.1) is 0 Å². The number of fused-ring (bicyclic) bond motifs is 1. The molecule has 2 aromatic rings. The van der Waals surface area contributed by atoms with E-state index in [2.05, 4.69) is 49.5 Å². The first kappa shape index (κ1) is 12.6. The van der Waals surface area contributed by atoms with Crippen LogP contribution in [0.1, 0.15) is 42.5 Å². The molecule has 2 heteroatoms. The maximum absolute atomic E-state index is 6.07. The van der Waals surface area contributed by atoms with Crippen LogP contribution in [-0.4, -0.2) is 0 Å². The number of benzene rings is 2. The fourth-order valence-corrected chi connectivity index (χ4v) is 2.86. The summed E-state index contributed by atoms with van der Waals surface area (Å²) in [5.41, 5.74) is 5.34. The zero-order valence-electron chi connectivity index (χ0n) is 11.3. The molecule has 1 aliphatic heterocycles. The number of hydrogen-bond acceptors (Lipinski definition) is 1. The van der Waals surface area contributed by atoms with Crippen molar-refractivity contribution in [2.24, 2.45) is 0 Å². The first-order valence-electron chi connectivity index (χ1n) is 6.78. The maximum Gasteiger partial charge on any atom is 0.0555 e. The van der Waals surface area contributed by atoms with Crippen LogP contribution in [-0.2, 0) is 6.42 Å². The summed E-state index contributed by atoms with van der Waals surface area (Å²) in [5, 5.41) is 4.39. The zero-order valence-corrected chi connectivity index (χ0v) is 12.0. The smallest absolute Gasteiger partial charge is 0.0555 e. The quantitative estimate of drug-likeness (QED) is 0.794. The van der Waals surface area contributed by atoms with E-state index in [4.69, 9.17) is 11.6 Å². The third-order valence-electron chi connectivity index (χ3n) is 3.80. The lowest BCUT2D eigenvalue weighted by atomic mass is 9.98. The topological polar surface area (TPSA) is 12.0 Å². The van der Waals surface area contributed by atoms with Gasteiger partial charge >= 0.3 is 0 Å². The standard InChI is InChI=1S/C17H18ClN/c1-11(2)12-6-7-16-14(8-12)10-17(19-16)13-4-3-5-15(18)9-13/h3-9,11,17,19H,10H2,1-2H3. The lowest BCUT2D eigenvalue weighted by Crippen LogP contribution is -2.05. The van der Waals surface area contributed by atoms with E-state index in [9.17, 15) is 0 Å². The average molecular weight is 272 g/mol. The van der Waals surface area contributed by atoms with Gasteiger partial charge in [-0.05, 0) is 47.2 Å². The minimum atomic E-state index is 0.344. The van der Waals surface area contributed by atoms with Crippen LogP contribution in [0.3, 0.4) is 0 Å². The van der Waals surface area contributed by atoms with Crippen molar-refractivity contribution >= 4 is 17.3 Å². The second kappa shape index (κ2) is 4.90. The highest BCUT2D eigenvalue weighted by molar-refractivity contribution is 6.30. The van der Waals surface area contributed by atoms with Crippen molar-refractivity contribution in [1.82, 2.24) is 0 Å². The molecule has 1 N–H and O–H groups in total. The van der Waals surface area contributed by atoms with Crippen molar-refractivity contribution < 1.29 is 0 Å². The van der Waals surface area contributed by atoms with Crippen molar-refractivity contribution in [1.29, 1.82) is 0 Å². The number of halogens is 1. The third-order valence-corrected chi connectivity index (χ3v) is 4.04. The van der Waals surface area contributed by atoms with Gasteiger partial charge in [0.2, 0.25) is 0 Å². The highest BCUT2D eigenvalue weighted by atomic mass is 35.5. The zero-order chi connectivity index (χ0) is 13.4. The number of anilines is 1. The Morgan fingerprint density at radius 3 is 2.74 bits per heavy atom. The molecule has 0 bridgehead atoms. The molecular weight excluding hydrogens is 254 g/mol. The average Bonchev–Trinajstić information content (AvgIpc) is 2.81. The van der Waals surface area contributed by atoms with Gasteiger partial charge in [0.25, 0.3) is 0 Å². The molecule has 98 valence electrons. The van der Waals surface area contributed by atoms with Crippen molar-refractivity contribution in [3.8, 4) is 0 Å². The van der Waals surface area contributed by atoms with Gasteiger partial charge in [-0.25, -0.2) is 0 Å². The SMILES string of the molecule is CC(C)c1ccc2c(c1)CC(c1cccc(Cl)c1)N2. The van der Waals surface area contributed by atoms with Crippen molar-refractivity contribution in [3.05, 3.63) is 64.2 Å². The Bertz CT molecular complexity index is 604. The molecule has 1 nitrogen and oxygen atoms in total. The van der Waals surface area contributed by atoms with Gasteiger partial charge in [-0.1, -0.05) is 49.7 Å². The summed E-state index contributed by atoms with van der Waals surface area (Å²) in [7, 11) is 0. The van der Waals surface area contributed by atoms with Gasteiger partial charge in [0.15, 0.2) is 0 Å². The van der Waals surface area contributed by atoms with Gasteiger partial charge in [0.05, 0.1) is 6.04 Å². The molecule has 0 aromatic heterocycles. The molecule has 0 spiro atoms. The molecule has 2 aromatic carbocycles. The van der Waals surface area contributed by atoms with Gasteiger partial charge in [-0.2, -0.15) is 0 Å². The molecule has 0 fully saturated rings. The van der Waals surface area contributed by atoms with E-state index < -0.39 is 0 Å². The molecular formula is C17H18ClN. The Balaban J connectivity index is 1.88. The second-order valence-corrected chi connectivity index (χ2v) is 5.96. The number of nitrogens with one attached hydrogen (secondary N) is 1. The van der Waals surface area contributed by atoms with Crippen LogP contribution in [0.2, 0.25) is 5.02 Å². The fourth-order valence-electron chi connectivity index (χ4n) is 2.67. The maximum atomic E-state index is 6.07. The molecule has 1 heterocycles. The molecule has 0 aliphatic carbocycles. The van der Waals surface area contributed by atoms with E-state index in [1.165, 1.54) is 22.4 Å². The van der Waals surface area contributed by atoms with Crippen LogP contribution < -0.4 is 5.32 Å². The Morgan fingerprint density at radius 1 is 1.16 bits per heavy atom. The molecule has 1 unspecified atom stereocenters. The van der Waals surface area contributed by atoms with Gasteiger partial charge in [0, 0.05) is 10.7 Å². The lowest BCUT2D eigenvalue weighted by Gasteiger charge is -2.11. The normalized spacial score (nSPS) is 17.4. The summed E-state index contributed by atoms with van der Waals surface area (Å²) in [6.07, 6.45) is 1.04. The van der Waals surface area contributed by atoms with E-state index in [1.54, 1.807) is 0 Å². The molecule has 1 aliphatic rings. The number of hydrogen-bond donors (Lipinski definition) is 1. The Labute approximate surface area is 119 Å². The van der Waals surface area contributed by atoms with Crippen LogP contribution in [0.5, 0.6) is 0 Å². The van der Waals surface area contributed by atoms with Crippen LogP contribution in [0.4, 0.5) is 5.69 Å². The van der Waals surface area contributed by atoms with Gasteiger partial charge in [0.1, 0.15) is 0 Å². The predicted molar refractivity (Wildman–Crippen MR) is 82.1 cm³/mol. The highest BCUT2D eigenvalue weighted by Crippen LogP contribution is 2.36. The first-order chi connectivity index (χ1) is 9.13. The third kappa shape index (κ3) is 2.48. The second-order valence-electron chi connectivity index (χ2n) is 5.53. The van der Waals surface area contributed by atoms with Gasteiger partial charge in [-0.3, -0.25) is 0 Å². The van der Waals surface area contributed by atoms with Crippen molar-refractivity contribution in [2.75, 3.05) is 5.32 Å². The minimum absolute atomic E-state index is 0.344. The first-order valence-corrected chi connectivity index (χ1v) is 7.16. The van der Waals surface area contributed by atoms with E-state index in [1.807, 2.05) is 12.1 Å². The summed E-state index contributed by atoms with van der Waals surface area (Å²) in [6.45, 7) is 4.47. The Kier molecular flexibility index (Phi) is 3.24. The summed E-state index contributed by atoms with van der Waals surface area (Å²) in [6, 6.07) is 15.2. The predicted octanol–water partition coefficient (Wildman–Crippen LogP) is 5.17. The van der Waals surface area contributed by atoms with Gasteiger partial charge in [-0.15, -0.1) is 0 Å². The highest BCUT2D eigenvalue weighted by Gasteiger charge is 2.22. The molecule has 0 radical (unpaired) electrons. The largest absolute Gasteiger partial charge is 0.378 e. The molecule has 3 rings (SSSR count). The van der Waals surface area contributed by atoms with E-state index in [0.717, 1.165) is 11.4 Å². The number of rotatable bonds is 2. The van der Waals surface area contributed by atoms with Crippen LogP contribution in [0.15, 0.2) is 42.5 Å². The minimum Gasteiger partial charge on any atom is -0.378 e. The molecule has 1 atom stereocenters. The van der Waals surface area contributed by atoms with E-state index in [0.29, 0.717) is 12.0 Å². The van der Waals surface area contributed by atoms with Crippen molar-refractivity contribution in [2.45, 2.75) is 32.2 Å². The van der Waals surface area contributed by atoms with E-state index >= 15 is 0 Å². The molecule has 0 saturated carbocycles. The summed E-state index contributed by atoms with van der Waals surface area (Å²) in [4.78, 5) is 0. The molecule has 0 saturated heterocycles. The van der Waals surface area contributed by atoms with Gasteiger partial charge < -0.3 is 5.32 Å². The Hall–Kier alpha value is -1.47. The van der Waals surface area contributed by atoms with Crippen LogP contribution in [0.25, 0.3) is 0 Å². The van der Waals surface area contributed by atoms with Crippen LogP contribution >= 0.6 is 11.6 Å². The summed E-state index contributed by atoms with van der Waals surface area (Å²) in [5.74, 6) is 0.579. The van der Waals surface area contributed by atoms with Crippen molar-refractivity contribution in [3.63, 3.8) is 0 Å². The lowest BCUT2D eigenvalue weighted by molar-refractivity contribution is 0.819. The molecule has 19 heavy (non-hydrogen) atoms.